The van der Waals surface area contributed by atoms with E-state index in [9.17, 15) is 0 Å². The van der Waals surface area contributed by atoms with E-state index in [2.05, 4.69) is 65.8 Å². The van der Waals surface area contributed by atoms with Gasteiger partial charge < -0.3 is 5.32 Å². The Bertz CT molecular complexity index is 635. The number of halogens is 3. The van der Waals surface area contributed by atoms with Crippen LogP contribution in [-0.2, 0) is 0 Å². The van der Waals surface area contributed by atoms with Crippen molar-refractivity contribution in [3.05, 3.63) is 54.5 Å². The van der Waals surface area contributed by atoms with E-state index in [0.29, 0.717) is 5.56 Å². The minimum absolute atomic E-state index is 0.619. The summed E-state index contributed by atoms with van der Waals surface area (Å²) in [7, 11) is 0. The summed E-state index contributed by atoms with van der Waals surface area (Å²) >= 11 is 9.17. The van der Waals surface area contributed by atoms with Crippen LogP contribution in [0.3, 0.4) is 0 Å². The minimum atomic E-state index is 0.619. The average Bonchev–Trinajstić information content (AvgIpc) is 2.32. The maximum Gasteiger partial charge on any atom is 0.0992 e. The van der Waals surface area contributed by atoms with Gasteiger partial charge in [0.1, 0.15) is 0 Å². The highest BCUT2D eigenvalue weighted by Gasteiger charge is 2.03. The van der Waals surface area contributed by atoms with Crippen molar-refractivity contribution in [2.45, 2.75) is 0 Å². The summed E-state index contributed by atoms with van der Waals surface area (Å²) in [6.45, 7) is 0. The number of rotatable bonds is 2. The number of benzene rings is 2. The highest BCUT2D eigenvalue weighted by molar-refractivity contribution is 14.1. The summed E-state index contributed by atoms with van der Waals surface area (Å²) in [4.78, 5) is 0. The zero-order valence-electron chi connectivity index (χ0n) is 9.05. The van der Waals surface area contributed by atoms with Gasteiger partial charge in [0.05, 0.1) is 17.3 Å². The lowest BCUT2D eigenvalue weighted by molar-refractivity contribution is 1.45. The Morgan fingerprint density at radius 2 is 1.89 bits per heavy atom. The highest BCUT2D eigenvalue weighted by Crippen LogP contribution is 2.29. The first-order chi connectivity index (χ1) is 8.58. The Labute approximate surface area is 136 Å². The standard InChI is InChI=1S/C13H7Br2IN2/c14-9-3-8(7-17)4-11(5-9)18-13-2-1-10(16)6-12(13)15/h1-6,18H. The van der Waals surface area contributed by atoms with Crippen molar-refractivity contribution < 1.29 is 0 Å². The van der Waals surface area contributed by atoms with Crippen LogP contribution in [0.1, 0.15) is 5.56 Å². The lowest BCUT2D eigenvalue weighted by Crippen LogP contribution is -1.92. The number of nitrogens with zero attached hydrogens (tertiary/aromatic N) is 1. The van der Waals surface area contributed by atoms with Gasteiger partial charge in [-0.25, -0.2) is 0 Å². The molecule has 0 atom stereocenters. The van der Waals surface area contributed by atoms with Crippen LogP contribution in [0.2, 0.25) is 0 Å². The molecule has 90 valence electrons. The third-order valence-corrected chi connectivity index (χ3v) is 4.02. The van der Waals surface area contributed by atoms with Crippen LogP contribution in [0, 0.1) is 14.9 Å². The van der Waals surface area contributed by atoms with E-state index in [1.54, 1.807) is 6.07 Å². The summed E-state index contributed by atoms with van der Waals surface area (Å²) in [6.07, 6.45) is 0. The second-order valence-electron chi connectivity index (χ2n) is 3.59. The van der Waals surface area contributed by atoms with Gasteiger partial charge in [0.15, 0.2) is 0 Å². The van der Waals surface area contributed by atoms with Gasteiger partial charge in [0.25, 0.3) is 0 Å². The molecule has 2 aromatic rings. The molecule has 0 aromatic heterocycles. The molecule has 0 fully saturated rings. The van der Waals surface area contributed by atoms with Gasteiger partial charge >= 0.3 is 0 Å². The number of hydrogen-bond donors (Lipinski definition) is 1. The summed E-state index contributed by atoms with van der Waals surface area (Å²) in [6, 6.07) is 13.7. The molecular formula is C13H7Br2IN2. The van der Waals surface area contributed by atoms with E-state index in [1.807, 2.05) is 30.3 Å². The molecule has 1 N–H and O–H groups in total. The Morgan fingerprint density at radius 1 is 1.11 bits per heavy atom. The van der Waals surface area contributed by atoms with Crippen molar-refractivity contribution >= 4 is 65.8 Å². The lowest BCUT2D eigenvalue weighted by atomic mass is 10.2. The van der Waals surface area contributed by atoms with Crippen molar-refractivity contribution in [1.82, 2.24) is 0 Å². The van der Waals surface area contributed by atoms with Crippen LogP contribution in [0.15, 0.2) is 45.3 Å². The van der Waals surface area contributed by atoms with Crippen LogP contribution < -0.4 is 5.32 Å². The monoisotopic (exact) mass is 476 g/mol. The molecule has 2 rings (SSSR count). The second-order valence-corrected chi connectivity index (χ2v) is 6.61. The Morgan fingerprint density at radius 3 is 2.56 bits per heavy atom. The topological polar surface area (TPSA) is 35.8 Å². The maximum absolute atomic E-state index is 8.93. The predicted octanol–water partition coefficient (Wildman–Crippen LogP) is 5.43. The summed E-state index contributed by atoms with van der Waals surface area (Å²) in [5.41, 5.74) is 2.47. The molecule has 0 bridgehead atoms. The molecule has 0 saturated carbocycles. The molecule has 0 aliphatic rings. The zero-order valence-corrected chi connectivity index (χ0v) is 14.4. The van der Waals surface area contributed by atoms with E-state index < -0.39 is 0 Å². The quantitative estimate of drug-likeness (QED) is 0.585. The Hall–Kier alpha value is -0.580. The molecule has 5 heteroatoms. The van der Waals surface area contributed by atoms with Gasteiger partial charge in [-0.3, -0.25) is 0 Å². The average molecular weight is 478 g/mol. The molecule has 0 aliphatic carbocycles. The molecule has 0 heterocycles. The highest BCUT2D eigenvalue weighted by atomic mass is 127. The van der Waals surface area contributed by atoms with E-state index >= 15 is 0 Å². The lowest BCUT2D eigenvalue weighted by Gasteiger charge is -2.09. The second kappa shape index (κ2) is 6.04. The molecule has 0 saturated heterocycles. The first kappa shape index (κ1) is 13.8. The van der Waals surface area contributed by atoms with Crippen molar-refractivity contribution in [1.29, 1.82) is 5.26 Å². The molecule has 18 heavy (non-hydrogen) atoms. The largest absolute Gasteiger partial charge is 0.355 e. The fraction of sp³-hybridized carbons (Fsp3) is 0. The number of anilines is 2. The van der Waals surface area contributed by atoms with Gasteiger partial charge in [-0.15, -0.1) is 0 Å². The van der Waals surface area contributed by atoms with E-state index in [-0.39, 0.29) is 0 Å². The number of nitrogens with one attached hydrogen (secondary N) is 1. The van der Waals surface area contributed by atoms with Crippen LogP contribution in [-0.4, -0.2) is 0 Å². The van der Waals surface area contributed by atoms with Crippen molar-refractivity contribution in [2.24, 2.45) is 0 Å². The van der Waals surface area contributed by atoms with Crippen LogP contribution in [0.25, 0.3) is 0 Å². The first-order valence-corrected chi connectivity index (χ1v) is 7.68. The van der Waals surface area contributed by atoms with Gasteiger partial charge in [-0.2, -0.15) is 5.26 Å². The predicted molar refractivity (Wildman–Crippen MR) is 89.0 cm³/mol. The van der Waals surface area contributed by atoms with Crippen LogP contribution in [0.4, 0.5) is 11.4 Å². The third-order valence-electron chi connectivity index (χ3n) is 2.24. The van der Waals surface area contributed by atoms with E-state index in [4.69, 9.17) is 5.26 Å². The summed E-state index contributed by atoms with van der Waals surface area (Å²) in [5.74, 6) is 0. The molecule has 0 radical (unpaired) electrons. The van der Waals surface area contributed by atoms with Gasteiger partial charge in [0, 0.05) is 18.2 Å². The summed E-state index contributed by atoms with van der Waals surface area (Å²) < 4.78 is 3.04. The molecule has 0 unspecified atom stereocenters. The van der Waals surface area contributed by atoms with Crippen molar-refractivity contribution in [3.8, 4) is 6.07 Å². The zero-order chi connectivity index (χ0) is 13.1. The van der Waals surface area contributed by atoms with Gasteiger partial charge in [0.2, 0.25) is 0 Å². The minimum Gasteiger partial charge on any atom is -0.355 e. The molecule has 0 spiro atoms. The molecule has 0 aliphatic heterocycles. The van der Waals surface area contributed by atoms with Crippen LogP contribution >= 0.6 is 54.5 Å². The fourth-order valence-electron chi connectivity index (χ4n) is 1.47. The smallest absolute Gasteiger partial charge is 0.0992 e. The van der Waals surface area contributed by atoms with Gasteiger partial charge in [-0.1, -0.05) is 15.9 Å². The molecule has 2 nitrogen and oxygen atoms in total. The number of hydrogen-bond acceptors (Lipinski definition) is 2. The third kappa shape index (κ3) is 3.46. The first-order valence-electron chi connectivity index (χ1n) is 5.01. The van der Waals surface area contributed by atoms with Crippen LogP contribution in [0.5, 0.6) is 0 Å². The van der Waals surface area contributed by atoms with Gasteiger partial charge in [-0.05, 0) is 74.9 Å². The normalized spacial score (nSPS) is 9.89. The van der Waals surface area contributed by atoms with E-state index in [0.717, 1.165) is 23.9 Å². The van der Waals surface area contributed by atoms with Crippen molar-refractivity contribution in [3.63, 3.8) is 0 Å². The Kier molecular flexibility index (Phi) is 4.65. The van der Waals surface area contributed by atoms with E-state index in [1.165, 1.54) is 0 Å². The number of nitriles is 1. The van der Waals surface area contributed by atoms with Crippen molar-refractivity contribution in [2.75, 3.05) is 5.32 Å². The molecule has 0 amide bonds. The summed E-state index contributed by atoms with van der Waals surface area (Å²) in [5, 5.41) is 12.2. The maximum atomic E-state index is 8.93. The molecular weight excluding hydrogens is 471 g/mol. The molecule has 2 aromatic carbocycles. The SMILES string of the molecule is N#Cc1cc(Br)cc(Nc2ccc(I)cc2Br)c1. The fourth-order valence-corrected chi connectivity index (χ4v) is 3.36. The Balaban J connectivity index is 2.34.